The maximum absolute atomic E-state index is 5.47. The Morgan fingerprint density at radius 2 is 0.716 bits per heavy atom. The van der Waals surface area contributed by atoms with Crippen molar-refractivity contribution >= 4 is 64.1 Å². The van der Waals surface area contributed by atoms with Crippen molar-refractivity contribution in [1.29, 1.82) is 0 Å². The number of aromatic nitrogens is 2. The second-order valence-corrected chi connectivity index (χ2v) is 18.3. The van der Waals surface area contributed by atoms with Crippen molar-refractivity contribution in [2.45, 2.75) is 0 Å². The molecule has 0 aliphatic carbocycles. The highest BCUT2D eigenvalue weighted by Gasteiger charge is 2.20. The quantitative estimate of drug-likeness (QED) is 0.149. The van der Waals surface area contributed by atoms with E-state index >= 15 is 0 Å². The van der Waals surface area contributed by atoms with Crippen LogP contribution in [0.4, 0.5) is 0 Å². The molecule has 13 aromatic rings. The van der Waals surface area contributed by atoms with E-state index in [0.29, 0.717) is 0 Å². The smallest absolute Gasteiger partial charge is 0.0979 e. The third-order valence-electron chi connectivity index (χ3n) is 13.3. The summed E-state index contributed by atoms with van der Waals surface area (Å²) >= 11 is 1.88. The summed E-state index contributed by atoms with van der Waals surface area (Å²) in [5, 5.41) is 7.11. The molecular formula is C64H40N2S. The number of hydrogen-bond acceptors (Lipinski definition) is 3. The minimum Gasteiger partial charge on any atom is -0.252 e. The zero-order valence-corrected chi connectivity index (χ0v) is 37.2. The van der Waals surface area contributed by atoms with E-state index in [0.717, 1.165) is 44.2 Å². The van der Waals surface area contributed by atoms with Crippen molar-refractivity contribution < 1.29 is 0 Å². The number of hydrogen-bond donors (Lipinski definition) is 0. The maximum atomic E-state index is 5.47. The monoisotopic (exact) mass is 868 g/mol. The normalized spacial score (nSPS) is 11.6. The summed E-state index contributed by atoms with van der Waals surface area (Å²) in [5.74, 6) is 0. The van der Waals surface area contributed by atoms with Crippen molar-refractivity contribution in [3.8, 4) is 78.0 Å². The van der Waals surface area contributed by atoms with Crippen molar-refractivity contribution in [3.63, 3.8) is 0 Å². The highest BCUT2D eigenvalue weighted by Crippen LogP contribution is 2.47. The molecule has 3 heteroatoms. The van der Waals surface area contributed by atoms with Crippen molar-refractivity contribution in [1.82, 2.24) is 9.97 Å². The molecule has 0 spiro atoms. The van der Waals surface area contributed by atoms with Crippen LogP contribution in [0, 0.1) is 0 Å². The molecule has 0 aliphatic heterocycles. The minimum atomic E-state index is 0.848. The topological polar surface area (TPSA) is 25.8 Å². The summed E-state index contributed by atoms with van der Waals surface area (Å²) < 4.78 is 2.53. The zero-order chi connectivity index (χ0) is 44.3. The highest BCUT2D eigenvalue weighted by atomic mass is 32.1. The van der Waals surface area contributed by atoms with Crippen LogP contribution in [0.5, 0.6) is 0 Å². The summed E-state index contributed by atoms with van der Waals surface area (Å²) in [6.07, 6.45) is 1.96. The van der Waals surface area contributed by atoms with Crippen LogP contribution in [-0.4, -0.2) is 9.97 Å². The van der Waals surface area contributed by atoms with Gasteiger partial charge in [0.15, 0.2) is 0 Å². The molecule has 67 heavy (non-hydrogen) atoms. The average molecular weight is 869 g/mol. The number of fused-ring (bicyclic) bond motifs is 9. The molecule has 13 rings (SSSR count). The Morgan fingerprint density at radius 1 is 0.269 bits per heavy atom. The van der Waals surface area contributed by atoms with Crippen LogP contribution < -0.4 is 0 Å². The van der Waals surface area contributed by atoms with Crippen molar-refractivity contribution in [2.24, 2.45) is 0 Å². The molecule has 2 nitrogen and oxygen atoms in total. The standard InChI is InChI=1S/C64H40N2S/c1-3-17-41(18-4-1)43-21-15-23-45(35-43)47-33-34-61-57(37-47)59-39-48(46-24-16-22-44(36-46)42-19-5-2-6-20-42)38-58(64(59)67-61)53-29-8-7-25-49(53)50-26-9-12-30-54(50)60-40-65-62-55-31-13-10-27-51(55)52-28-11-14-32-56(52)63(62)66-60/h1-40H. The molecule has 0 aliphatic rings. The first-order valence-corrected chi connectivity index (χ1v) is 23.6. The van der Waals surface area contributed by atoms with Crippen molar-refractivity contribution in [2.75, 3.05) is 0 Å². The van der Waals surface area contributed by atoms with Crippen molar-refractivity contribution in [3.05, 3.63) is 243 Å². The number of nitrogens with zero attached hydrogens (tertiary/aromatic N) is 2. The molecule has 312 valence electrons. The number of thiophene rings is 1. The predicted octanol–water partition coefficient (Wildman–Crippen LogP) is 18.0. The highest BCUT2D eigenvalue weighted by molar-refractivity contribution is 7.26. The van der Waals surface area contributed by atoms with Gasteiger partial charge in [0.1, 0.15) is 0 Å². The van der Waals surface area contributed by atoms with Gasteiger partial charge in [-0.1, -0.05) is 200 Å². The average Bonchev–Trinajstić information content (AvgIpc) is 3.79. The maximum Gasteiger partial charge on any atom is 0.0979 e. The third-order valence-corrected chi connectivity index (χ3v) is 14.5. The second-order valence-electron chi connectivity index (χ2n) is 17.2. The molecule has 2 aromatic heterocycles. The molecule has 0 fully saturated rings. The summed E-state index contributed by atoms with van der Waals surface area (Å²) in [6, 6.07) is 85.7. The van der Waals surface area contributed by atoms with Crippen LogP contribution in [0.25, 0.3) is 131 Å². The van der Waals surface area contributed by atoms with Gasteiger partial charge in [-0.3, -0.25) is 4.98 Å². The number of rotatable bonds is 7. The van der Waals surface area contributed by atoms with E-state index in [1.807, 2.05) is 17.5 Å². The largest absolute Gasteiger partial charge is 0.252 e. The lowest BCUT2D eigenvalue weighted by Crippen LogP contribution is -1.95. The third kappa shape index (κ3) is 6.79. The van der Waals surface area contributed by atoms with Gasteiger partial charge in [0.2, 0.25) is 0 Å². The summed E-state index contributed by atoms with van der Waals surface area (Å²) in [6.45, 7) is 0. The Hall–Kier alpha value is -8.50. The molecule has 0 unspecified atom stereocenters. The fraction of sp³-hybridized carbons (Fsp3) is 0. The van der Waals surface area contributed by atoms with Gasteiger partial charge in [0.25, 0.3) is 0 Å². The van der Waals surface area contributed by atoms with Gasteiger partial charge >= 0.3 is 0 Å². The predicted molar refractivity (Wildman–Crippen MR) is 285 cm³/mol. The molecule has 0 radical (unpaired) electrons. The second kappa shape index (κ2) is 16.2. The van der Waals surface area contributed by atoms with E-state index in [-0.39, 0.29) is 0 Å². The molecule has 0 N–H and O–H groups in total. The van der Waals surface area contributed by atoms with Crippen LogP contribution in [0.1, 0.15) is 0 Å². The molecule has 0 atom stereocenters. The van der Waals surface area contributed by atoms with Crippen LogP contribution in [-0.2, 0) is 0 Å². The molecule has 0 amide bonds. The van der Waals surface area contributed by atoms with Crippen LogP contribution in [0.15, 0.2) is 243 Å². The lowest BCUT2D eigenvalue weighted by Gasteiger charge is -2.17. The van der Waals surface area contributed by atoms with E-state index in [4.69, 9.17) is 9.97 Å². The van der Waals surface area contributed by atoms with Gasteiger partial charge in [-0.05, 0) is 108 Å². The van der Waals surface area contributed by atoms with Crippen LogP contribution in [0.2, 0.25) is 0 Å². The lowest BCUT2D eigenvalue weighted by atomic mass is 9.88. The molecule has 2 heterocycles. The molecule has 11 aromatic carbocycles. The zero-order valence-electron chi connectivity index (χ0n) is 36.4. The first-order valence-electron chi connectivity index (χ1n) is 22.8. The lowest BCUT2D eigenvalue weighted by molar-refractivity contribution is 1.31. The van der Waals surface area contributed by atoms with Gasteiger partial charge in [0, 0.05) is 42.1 Å². The Bertz CT molecular complexity index is 4000. The van der Waals surface area contributed by atoms with E-state index < -0.39 is 0 Å². The van der Waals surface area contributed by atoms with E-state index in [1.54, 1.807) is 0 Å². The van der Waals surface area contributed by atoms with Gasteiger partial charge in [-0.15, -0.1) is 11.3 Å². The Morgan fingerprint density at radius 3 is 1.34 bits per heavy atom. The Labute approximate surface area is 392 Å². The SMILES string of the molecule is c1ccc(-c2cccc(-c3ccc4sc5c(-c6ccccc6-c6ccccc6-c6cnc7c8ccccc8c8ccccc8c7n6)cc(-c6cccc(-c7ccccc7)c6)cc5c4c3)c2)cc1. The van der Waals surface area contributed by atoms with Crippen LogP contribution in [0.3, 0.4) is 0 Å². The molecule has 0 saturated heterocycles. The van der Waals surface area contributed by atoms with Gasteiger partial charge in [-0.25, -0.2) is 4.98 Å². The first-order chi connectivity index (χ1) is 33.2. The van der Waals surface area contributed by atoms with E-state index in [9.17, 15) is 0 Å². The summed E-state index contributed by atoms with van der Waals surface area (Å²) in [7, 11) is 0. The molecule has 0 bridgehead atoms. The molecule has 0 saturated carbocycles. The minimum absolute atomic E-state index is 0.848. The van der Waals surface area contributed by atoms with E-state index in [2.05, 4.69) is 237 Å². The fourth-order valence-corrected chi connectivity index (χ4v) is 11.3. The molecular weight excluding hydrogens is 829 g/mol. The van der Waals surface area contributed by atoms with Gasteiger partial charge in [0.05, 0.1) is 22.9 Å². The van der Waals surface area contributed by atoms with Gasteiger partial charge < -0.3 is 0 Å². The fourth-order valence-electron chi connectivity index (χ4n) is 10.1. The number of benzene rings is 11. The summed E-state index contributed by atoms with van der Waals surface area (Å²) in [4.78, 5) is 10.7. The first kappa shape index (κ1) is 38.9. The van der Waals surface area contributed by atoms with E-state index in [1.165, 1.54) is 86.6 Å². The Kier molecular flexibility index (Phi) is 9.40. The summed E-state index contributed by atoms with van der Waals surface area (Å²) in [5.41, 5.74) is 18.0. The van der Waals surface area contributed by atoms with Crippen LogP contribution >= 0.6 is 11.3 Å². The Balaban J connectivity index is 1.01. The van der Waals surface area contributed by atoms with Gasteiger partial charge in [-0.2, -0.15) is 0 Å².